The molecule has 0 radical (unpaired) electrons. The molecule has 7 nitrogen and oxygen atoms in total. The van der Waals surface area contributed by atoms with Crippen molar-refractivity contribution in [2.75, 3.05) is 26.8 Å². The SMILES string of the molecule is COC[C@@H]1C[C@@H](C(=O)NCc2cccc(C)n2)CN(Cc2nc(-c3ccccc3)oc2C)C1. The first kappa shape index (κ1) is 23.1. The molecule has 3 heterocycles. The van der Waals surface area contributed by atoms with Crippen LogP contribution in [0.1, 0.15) is 29.3 Å². The summed E-state index contributed by atoms with van der Waals surface area (Å²) in [4.78, 5) is 24.5. The second-order valence-corrected chi connectivity index (χ2v) is 8.82. The highest BCUT2D eigenvalue weighted by molar-refractivity contribution is 5.79. The zero-order valence-corrected chi connectivity index (χ0v) is 19.6. The van der Waals surface area contributed by atoms with Crippen molar-refractivity contribution in [3.8, 4) is 11.5 Å². The number of nitrogens with zero attached hydrogens (tertiary/aromatic N) is 3. The van der Waals surface area contributed by atoms with Crippen LogP contribution in [0.5, 0.6) is 0 Å². The molecule has 1 aliphatic rings. The second kappa shape index (κ2) is 10.7. The van der Waals surface area contributed by atoms with E-state index in [1.807, 2.05) is 62.4 Å². The standard InChI is InChI=1S/C26H32N4O3/c1-18-8-7-11-23(28-18)13-27-25(31)22-12-20(17-32-3)14-30(15-22)16-24-19(2)33-26(29-24)21-9-5-4-6-10-21/h4-11,20,22H,12-17H2,1-3H3,(H,27,31)/t20-,22-/m1/s1. The molecule has 0 unspecified atom stereocenters. The molecular weight excluding hydrogens is 416 g/mol. The summed E-state index contributed by atoms with van der Waals surface area (Å²) in [6.07, 6.45) is 0.810. The van der Waals surface area contributed by atoms with Crippen LogP contribution >= 0.6 is 0 Å². The van der Waals surface area contributed by atoms with Crippen LogP contribution in [-0.4, -0.2) is 47.6 Å². The van der Waals surface area contributed by atoms with Crippen molar-refractivity contribution in [3.05, 3.63) is 71.4 Å². The first-order chi connectivity index (χ1) is 16.0. The number of hydrogen-bond acceptors (Lipinski definition) is 6. The second-order valence-electron chi connectivity index (χ2n) is 8.82. The maximum atomic E-state index is 13.0. The van der Waals surface area contributed by atoms with Gasteiger partial charge < -0.3 is 14.5 Å². The van der Waals surface area contributed by atoms with E-state index in [-0.39, 0.29) is 17.7 Å². The van der Waals surface area contributed by atoms with Crippen LogP contribution in [0.3, 0.4) is 0 Å². The third-order valence-electron chi connectivity index (χ3n) is 6.06. The van der Waals surface area contributed by atoms with Gasteiger partial charge in [0.15, 0.2) is 0 Å². The number of carbonyl (C=O) groups is 1. The molecule has 0 saturated carbocycles. The van der Waals surface area contributed by atoms with Gasteiger partial charge in [0.25, 0.3) is 0 Å². The summed E-state index contributed by atoms with van der Waals surface area (Å²) >= 11 is 0. The molecule has 1 saturated heterocycles. The van der Waals surface area contributed by atoms with Crippen molar-refractivity contribution >= 4 is 5.91 Å². The van der Waals surface area contributed by atoms with Gasteiger partial charge in [0, 0.05) is 38.0 Å². The van der Waals surface area contributed by atoms with Crippen molar-refractivity contribution in [1.29, 1.82) is 0 Å². The number of nitrogens with one attached hydrogen (secondary N) is 1. The van der Waals surface area contributed by atoms with Crippen LogP contribution in [0.15, 0.2) is 52.9 Å². The zero-order valence-electron chi connectivity index (χ0n) is 19.6. The average Bonchev–Trinajstić information content (AvgIpc) is 3.18. The first-order valence-corrected chi connectivity index (χ1v) is 11.4. The summed E-state index contributed by atoms with van der Waals surface area (Å²) in [5, 5.41) is 3.08. The molecule has 3 aromatic rings. The predicted octanol–water partition coefficient (Wildman–Crippen LogP) is 3.75. The Labute approximate surface area is 195 Å². The number of likely N-dealkylation sites (tertiary alicyclic amines) is 1. The van der Waals surface area contributed by atoms with E-state index in [0.717, 1.165) is 41.4 Å². The van der Waals surface area contributed by atoms with Gasteiger partial charge >= 0.3 is 0 Å². The van der Waals surface area contributed by atoms with E-state index < -0.39 is 0 Å². The number of carbonyl (C=O) groups excluding carboxylic acids is 1. The Morgan fingerprint density at radius 2 is 1.94 bits per heavy atom. The highest BCUT2D eigenvalue weighted by atomic mass is 16.5. The molecule has 1 aromatic carbocycles. The molecule has 1 fully saturated rings. The minimum atomic E-state index is -0.107. The highest BCUT2D eigenvalue weighted by Gasteiger charge is 2.32. The van der Waals surface area contributed by atoms with E-state index in [1.165, 1.54) is 0 Å². The Balaban J connectivity index is 1.42. The molecule has 1 aliphatic heterocycles. The van der Waals surface area contributed by atoms with E-state index in [0.29, 0.717) is 32.1 Å². The van der Waals surface area contributed by atoms with Gasteiger partial charge in [-0.2, -0.15) is 0 Å². The molecule has 1 amide bonds. The van der Waals surface area contributed by atoms with Gasteiger partial charge in [-0.1, -0.05) is 24.3 Å². The minimum absolute atomic E-state index is 0.0611. The van der Waals surface area contributed by atoms with Crippen LogP contribution in [0.4, 0.5) is 0 Å². The largest absolute Gasteiger partial charge is 0.441 e. The molecule has 0 bridgehead atoms. The van der Waals surface area contributed by atoms with Crippen molar-refractivity contribution in [3.63, 3.8) is 0 Å². The van der Waals surface area contributed by atoms with Gasteiger partial charge in [0.1, 0.15) is 5.76 Å². The normalized spacial score (nSPS) is 18.9. The Morgan fingerprint density at radius 1 is 1.12 bits per heavy atom. The van der Waals surface area contributed by atoms with E-state index >= 15 is 0 Å². The van der Waals surface area contributed by atoms with Crippen LogP contribution in [-0.2, 0) is 22.6 Å². The Kier molecular flexibility index (Phi) is 7.52. The maximum absolute atomic E-state index is 13.0. The number of pyridine rings is 1. The number of piperidine rings is 1. The third kappa shape index (κ3) is 6.06. The van der Waals surface area contributed by atoms with Gasteiger partial charge in [-0.05, 0) is 50.5 Å². The number of methoxy groups -OCH3 is 1. The van der Waals surface area contributed by atoms with Crippen molar-refractivity contribution in [2.24, 2.45) is 11.8 Å². The molecule has 7 heteroatoms. The van der Waals surface area contributed by atoms with Gasteiger partial charge in [-0.15, -0.1) is 0 Å². The number of ether oxygens (including phenoxy) is 1. The molecule has 2 aromatic heterocycles. The number of rotatable bonds is 8. The fourth-order valence-electron chi connectivity index (χ4n) is 4.49. The smallest absolute Gasteiger partial charge is 0.226 e. The number of amides is 1. The van der Waals surface area contributed by atoms with Gasteiger partial charge in [0.05, 0.1) is 30.5 Å². The van der Waals surface area contributed by atoms with E-state index in [2.05, 4.69) is 15.2 Å². The Hall–Kier alpha value is -3.03. The van der Waals surface area contributed by atoms with Crippen LogP contribution in [0.2, 0.25) is 0 Å². The van der Waals surface area contributed by atoms with Crippen molar-refractivity contribution < 1.29 is 13.9 Å². The maximum Gasteiger partial charge on any atom is 0.226 e. The van der Waals surface area contributed by atoms with E-state index in [4.69, 9.17) is 14.1 Å². The molecule has 0 aliphatic carbocycles. The number of aromatic nitrogens is 2. The lowest BCUT2D eigenvalue weighted by Crippen LogP contribution is -2.47. The van der Waals surface area contributed by atoms with E-state index in [1.54, 1.807) is 7.11 Å². The van der Waals surface area contributed by atoms with E-state index in [9.17, 15) is 4.79 Å². The predicted molar refractivity (Wildman–Crippen MR) is 126 cm³/mol. The molecule has 4 rings (SSSR count). The summed E-state index contributed by atoms with van der Waals surface area (Å²) < 4.78 is 11.4. The third-order valence-corrected chi connectivity index (χ3v) is 6.06. The quantitative estimate of drug-likeness (QED) is 0.565. The summed E-state index contributed by atoms with van der Waals surface area (Å²) in [7, 11) is 1.71. The summed E-state index contributed by atoms with van der Waals surface area (Å²) in [6.45, 7) is 7.16. The van der Waals surface area contributed by atoms with Gasteiger partial charge in [0.2, 0.25) is 11.8 Å². The minimum Gasteiger partial charge on any atom is -0.441 e. The van der Waals surface area contributed by atoms with Crippen LogP contribution in [0, 0.1) is 25.7 Å². The number of oxazole rings is 1. The number of benzene rings is 1. The molecule has 1 N–H and O–H groups in total. The number of aryl methyl sites for hydroxylation is 2. The van der Waals surface area contributed by atoms with Crippen molar-refractivity contribution in [2.45, 2.75) is 33.4 Å². The summed E-state index contributed by atoms with van der Waals surface area (Å²) in [5.74, 6) is 1.69. The van der Waals surface area contributed by atoms with Crippen molar-refractivity contribution in [1.82, 2.24) is 20.2 Å². The highest BCUT2D eigenvalue weighted by Crippen LogP contribution is 2.27. The molecule has 174 valence electrons. The molecule has 2 atom stereocenters. The number of hydrogen-bond donors (Lipinski definition) is 1. The van der Waals surface area contributed by atoms with Crippen LogP contribution < -0.4 is 5.32 Å². The molecule has 0 spiro atoms. The van der Waals surface area contributed by atoms with Crippen LogP contribution in [0.25, 0.3) is 11.5 Å². The van der Waals surface area contributed by atoms with Gasteiger partial charge in [-0.3, -0.25) is 14.7 Å². The fourth-order valence-corrected chi connectivity index (χ4v) is 4.49. The fraction of sp³-hybridized carbons (Fsp3) is 0.423. The summed E-state index contributed by atoms with van der Waals surface area (Å²) in [5.41, 5.74) is 3.69. The summed E-state index contributed by atoms with van der Waals surface area (Å²) in [6, 6.07) is 15.8. The lowest BCUT2D eigenvalue weighted by Gasteiger charge is -2.36. The zero-order chi connectivity index (χ0) is 23.2. The molecular formula is C26H32N4O3. The first-order valence-electron chi connectivity index (χ1n) is 11.4. The monoisotopic (exact) mass is 448 g/mol. The average molecular weight is 449 g/mol. The Bertz CT molecular complexity index is 1070. The lowest BCUT2D eigenvalue weighted by molar-refractivity contribution is -0.128. The van der Waals surface area contributed by atoms with Gasteiger partial charge in [-0.25, -0.2) is 4.98 Å². The lowest BCUT2D eigenvalue weighted by atomic mass is 9.88. The molecule has 33 heavy (non-hydrogen) atoms. The topological polar surface area (TPSA) is 80.5 Å². The Morgan fingerprint density at radius 3 is 2.70 bits per heavy atom.